The molecular weight excluding hydrogens is 440 g/mol. The molecular formula is C24H24Cl2FNO3. The zero-order chi connectivity index (χ0) is 22.2. The van der Waals surface area contributed by atoms with E-state index >= 15 is 0 Å². The topological polar surface area (TPSA) is 39.7 Å². The highest BCUT2D eigenvalue weighted by molar-refractivity contribution is 6.31. The van der Waals surface area contributed by atoms with E-state index in [1.54, 1.807) is 32.4 Å². The molecule has 0 spiro atoms. The van der Waals surface area contributed by atoms with E-state index in [1.165, 1.54) is 11.6 Å². The van der Waals surface area contributed by atoms with Crippen LogP contribution in [-0.4, -0.2) is 20.8 Å². The summed E-state index contributed by atoms with van der Waals surface area (Å²) in [6.07, 6.45) is 0.878. The van der Waals surface area contributed by atoms with Crippen molar-refractivity contribution >= 4 is 23.2 Å². The smallest absolute Gasteiger partial charge is 0.163 e. The Labute approximate surface area is 191 Å². The van der Waals surface area contributed by atoms with Crippen LogP contribution in [-0.2, 0) is 19.6 Å². The Balaban J connectivity index is 1.59. The van der Waals surface area contributed by atoms with Crippen LogP contribution in [0.2, 0.25) is 10.0 Å². The maximum Gasteiger partial charge on any atom is 0.163 e. The van der Waals surface area contributed by atoms with Crippen LogP contribution in [0.25, 0.3) is 0 Å². The molecule has 0 heterocycles. The van der Waals surface area contributed by atoms with E-state index in [0.29, 0.717) is 28.1 Å². The molecule has 3 rings (SSSR count). The summed E-state index contributed by atoms with van der Waals surface area (Å²) in [7, 11) is 3.20. The van der Waals surface area contributed by atoms with E-state index in [0.717, 1.165) is 24.3 Å². The van der Waals surface area contributed by atoms with Crippen molar-refractivity contribution in [1.29, 1.82) is 0 Å². The van der Waals surface area contributed by atoms with Gasteiger partial charge in [0.05, 0.1) is 19.2 Å². The number of benzene rings is 3. The summed E-state index contributed by atoms with van der Waals surface area (Å²) in [6.45, 7) is 1.33. The van der Waals surface area contributed by atoms with Crippen LogP contribution in [0.5, 0.6) is 17.2 Å². The van der Waals surface area contributed by atoms with Gasteiger partial charge < -0.3 is 19.5 Å². The van der Waals surface area contributed by atoms with E-state index in [4.69, 9.17) is 37.4 Å². The molecule has 7 heteroatoms. The number of ether oxygens (including phenoxy) is 3. The summed E-state index contributed by atoms with van der Waals surface area (Å²) in [4.78, 5) is 0. The number of rotatable bonds is 10. The van der Waals surface area contributed by atoms with Crippen molar-refractivity contribution in [2.24, 2.45) is 0 Å². The molecule has 0 saturated carbocycles. The molecule has 3 aromatic carbocycles. The normalized spacial score (nSPS) is 10.7. The Hall–Kier alpha value is -2.47. The largest absolute Gasteiger partial charge is 0.497 e. The molecule has 164 valence electrons. The number of hydrogen-bond acceptors (Lipinski definition) is 4. The third kappa shape index (κ3) is 6.26. The van der Waals surface area contributed by atoms with Crippen LogP contribution < -0.4 is 19.5 Å². The van der Waals surface area contributed by atoms with Crippen molar-refractivity contribution in [1.82, 2.24) is 5.32 Å². The second-order valence-corrected chi connectivity index (χ2v) is 7.67. The quantitative estimate of drug-likeness (QED) is 0.370. The zero-order valence-electron chi connectivity index (χ0n) is 17.4. The van der Waals surface area contributed by atoms with Crippen LogP contribution in [0.1, 0.15) is 16.7 Å². The highest BCUT2D eigenvalue weighted by Gasteiger charge is 2.13. The van der Waals surface area contributed by atoms with Gasteiger partial charge in [0.1, 0.15) is 18.2 Å². The lowest BCUT2D eigenvalue weighted by molar-refractivity contribution is 0.279. The van der Waals surface area contributed by atoms with Gasteiger partial charge in [0.15, 0.2) is 11.5 Å². The Morgan fingerprint density at radius 2 is 1.68 bits per heavy atom. The fourth-order valence-corrected chi connectivity index (χ4v) is 3.49. The van der Waals surface area contributed by atoms with Gasteiger partial charge in [-0.2, -0.15) is 0 Å². The minimum absolute atomic E-state index is 0.0301. The molecule has 0 aliphatic carbocycles. The fourth-order valence-electron chi connectivity index (χ4n) is 3.05. The fraction of sp³-hybridized carbons (Fsp3) is 0.250. The highest BCUT2D eigenvalue weighted by Crippen LogP contribution is 2.34. The van der Waals surface area contributed by atoms with Crippen molar-refractivity contribution in [2.75, 3.05) is 20.8 Å². The van der Waals surface area contributed by atoms with Crippen LogP contribution in [0.3, 0.4) is 0 Å². The van der Waals surface area contributed by atoms with Crippen molar-refractivity contribution in [3.8, 4) is 17.2 Å². The monoisotopic (exact) mass is 463 g/mol. The average molecular weight is 464 g/mol. The molecule has 0 unspecified atom stereocenters. The van der Waals surface area contributed by atoms with E-state index in [9.17, 15) is 4.39 Å². The first-order chi connectivity index (χ1) is 15.0. The van der Waals surface area contributed by atoms with Crippen molar-refractivity contribution < 1.29 is 18.6 Å². The predicted octanol–water partition coefficient (Wildman–Crippen LogP) is 6.06. The van der Waals surface area contributed by atoms with E-state index < -0.39 is 5.82 Å². The van der Waals surface area contributed by atoms with Gasteiger partial charge in [0.25, 0.3) is 0 Å². The van der Waals surface area contributed by atoms with Gasteiger partial charge in [0, 0.05) is 23.2 Å². The molecule has 0 saturated heterocycles. The molecule has 0 amide bonds. The number of nitrogens with one attached hydrogen (secondary N) is 1. The first kappa shape index (κ1) is 23.2. The third-order valence-corrected chi connectivity index (χ3v) is 5.54. The predicted molar refractivity (Wildman–Crippen MR) is 122 cm³/mol. The Morgan fingerprint density at radius 1 is 0.903 bits per heavy atom. The summed E-state index contributed by atoms with van der Waals surface area (Å²) >= 11 is 12.5. The number of hydrogen-bond donors (Lipinski definition) is 1. The van der Waals surface area contributed by atoms with Gasteiger partial charge in [0.2, 0.25) is 0 Å². The summed E-state index contributed by atoms with van der Waals surface area (Å²) in [5, 5.41) is 4.23. The molecule has 0 radical (unpaired) electrons. The SMILES string of the molecule is COc1ccc(CCNCc2cc(OC)c(OCc3c(F)cccc3Cl)cc2Cl)cc1. The summed E-state index contributed by atoms with van der Waals surface area (Å²) < 4.78 is 30.3. The number of halogens is 3. The van der Waals surface area contributed by atoms with E-state index in [2.05, 4.69) is 5.32 Å². The van der Waals surface area contributed by atoms with Gasteiger partial charge >= 0.3 is 0 Å². The second kappa shape index (κ2) is 11.2. The van der Waals surface area contributed by atoms with Crippen LogP contribution in [0.4, 0.5) is 4.39 Å². The summed E-state index contributed by atoms with van der Waals surface area (Å²) in [5.74, 6) is 1.36. The van der Waals surface area contributed by atoms with Crippen LogP contribution in [0.15, 0.2) is 54.6 Å². The lowest BCUT2D eigenvalue weighted by Gasteiger charge is -2.15. The lowest BCUT2D eigenvalue weighted by Crippen LogP contribution is -2.17. The zero-order valence-corrected chi connectivity index (χ0v) is 18.9. The van der Waals surface area contributed by atoms with Gasteiger partial charge in [-0.3, -0.25) is 0 Å². The van der Waals surface area contributed by atoms with Crippen molar-refractivity contribution in [2.45, 2.75) is 19.6 Å². The van der Waals surface area contributed by atoms with Crippen molar-refractivity contribution in [3.63, 3.8) is 0 Å². The Bertz CT molecular complexity index is 992. The molecule has 31 heavy (non-hydrogen) atoms. The first-order valence-corrected chi connectivity index (χ1v) is 10.5. The maximum atomic E-state index is 14.0. The Morgan fingerprint density at radius 3 is 2.35 bits per heavy atom. The van der Waals surface area contributed by atoms with Gasteiger partial charge in [-0.1, -0.05) is 41.4 Å². The molecule has 0 bridgehead atoms. The molecule has 0 aromatic heterocycles. The van der Waals surface area contributed by atoms with E-state index in [-0.39, 0.29) is 12.2 Å². The lowest BCUT2D eigenvalue weighted by atomic mass is 10.1. The molecule has 0 aliphatic rings. The maximum absolute atomic E-state index is 14.0. The molecule has 1 N–H and O–H groups in total. The summed E-state index contributed by atoms with van der Waals surface area (Å²) in [6, 6.07) is 16.0. The van der Waals surface area contributed by atoms with Crippen LogP contribution in [0, 0.1) is 5.82 Å². The van der Waals surface area contributed by atoms with Crippen LogP contribution >= 0.6 is 23.2 Å². The molecule has 0 aliphatic heterocycles. The molecule has 0 atom stereocenters. The third-order valence-electron chi connectivity index (χ3n) is 4.83. The van der Waals surface area contributed by atoms with E-state index in [1.807, 2.05) is 30.3 Å². The van der Waals surface area contributed by atoms with Gasteiger partial charge in [-0.25, -0.2) is 4.39 Å². The van der Waals surface area contributed by atoms with Gasteiger partial charge in [-0.15, -0.1) is 0 Å². The second-order valence-electron chi connectivity index (χ2n) is 6.86. The first-order valence-electron chi connectivity index (χ1n) is 9.77. The number of methoxy groups -OCH3 is 2. The minimum atomic E-state index is -0.421. The van der Waals surface area contributed by atoms with Crippen molar-refractivity contribution in [3.05, 3.63) is 87.2 Å². The average Bonchev–Trinajstić information content (AvgIpc) is 2.77. The molecule has 4 nitrogen and oxygen atoms in total. The highest BCUT2D eigenvalue weighted by atomic mass is 35.5. The standard InChI is InChI=1S/C24H24Cl2FNO3/c1-29-18-8-6-16(7-9-18)10-11-28-14-17-12-23(30-2)24(13-21(17)26)31-15-19-20(25)4-3-5-22(19)27/h3-9,12-13,28H,10-11,14-15H2,1-2H3. The Kier molecular flexibility index (Phi) is 8.41. The summed E-state index contributed by atoms with van der Waals surface area (Å²) in [5.41, 5.74) is 2.38. The van der Waals surface area contributed by atoms with Gasteiger partial charge in [-0.05, 0) is 54.4 Å². The molecule has 0 fully saturated rings. The molecule has 3 aromatic rings. The minimum Gasteiger partial charge on any atom is -0.497 e.